The van der Waals surface area contributed by atoms with Gasteiger partial charge in [-0.1, -0.05) is 48.5 Å². The summed E-state index contributed by atoms with van der Waals surface area (Å²) < 4.78 is 12.3. The molecule has 0 aliphatic heterocycles. The minimum atomic E-state index is 0.406. The van der Waals surface area contributed by atoms with Gasteiger partial charge in [0.25, 0.3) is 0 Å². The summed E-state index contributed by atoms with van der Waals surface area (Å²) in [6.07, 6.45) is 0. The number of nitrogens with zero attached hydrogens (tertiary/aromatic N) is 1. The first-order chi connectivity index (χ1) is 17.8. The minimum absolute atomic E-state index is 0.406. The summed E-state index contributed by atoms with van der Waals surface area (Å²) in [6.45, 7) is 8.02. The van der Waals surface area contributed by atoms with Crippen molar-refractivity contribution in [3.8, 4) is 33.8 Å². The van der Waals surface area contributed by atoms with Gasteiger partial charge in [-0.05, 0) is 67.3 Å². The number of hydrogen-bond acceptors (Lipinski definition) is 5. The van der Waals surface area contributed by atoms with Gasteiger partial charge in [0, 0.05) is 50.8 Å². The van der Waals surface area contributed by atoms with Crippen LogP contribution in [0.4, 0.5) is 11.4 Å². The molecule has 5 nitrogen and oxygen atoms in total. The van der Waals surface area contributed by atoms with E-state index in [9.17, 15) is 4.91 Å². The molecule has 0 fully saturated rings. The summed E-state index contributed by atoms with van der Waals surface area (Å²) in [5, 5.41) is 5.20. The van der Waals surface area contributed by atoms with E-state index in [-0.39, 0.29) is 0 Å². The molecule has 0 radical (unpaired) electrons. The number of benzene rings is 4. The van der Waals surface area contributed by atoms with Crippen molar-refractivity contribution in [3.63, 3.8) is 0 Å². The summed E-state index contributed by atoms with van der Waals surface area (Å²) in [5.74, 6) is 1.67. The van der Waals surface area contributed by atoms with Crippen molar-refractivity contribution in [3.05, 3.63) is 100.0 Å². The van der Waals surface area contributed by atoms with Crippen LogP contribution < -0.4 is 5.73 Å². The monoisotopic (exact) mass is 486 g/mol. The topological polar surface area (TPSA) is 81.7 Å². The van der Waals surface area contributed by atoms with Gasteiger partial charge in [0.15, 0.2) is 0 Å². The van der Waals surface area contributed by atoms with E-state index < -0.39 is 0 Å². The van der Waals surface area contributed by atoms with Gasteiger partial charge < -0.3 is 14.6 Å². The largest absolute Gasteiger partial charge is 0.456 e. The molecular formula is C32H26N2O3. The average molecular weight is 487 g/mol. The number of hydrogen-bond donors (Lipinski definition) is 1. The van der Waals surface area contributed by atoms with Crippen molar-refractivity contribution in [2.75, 3.05) is 5.73 Å². The quantitative estimate of drug-likeness (QED) is 0.199. The number of nitrogens with two attached hydrogens (primary N) is 1. The molecule has 0 saturated carbocycles. The summed E-state index contributed by atoms with van der Waals surface area (Å²) in [5.41, 5.74) is 17.0. The summed E-state index contributed by atoms with van der Waals surface area (Å²) in [7, 11) is 0. The third-order valence-electron chi connectivity index (χ3n) is 7.31. The highest BCUT2D eigenvalue weighted by Gasteiger charge is 2.16. The van der Waals surface area contributed by atoms with Crippen molar-refractivity contribution >= 4 is 33.3 Å². The molecule has 0 bridgehead atoms. The molecule has 0 aliphatic rings. The highest BCUT2D eigenvalue weighted by atomic mass is 16.3. The van der Waals surface area contributed by atoms with E-state index in [0.29, 0.717) is 11.3 Å². The number of aryl methyl sites for hydroxylation is 4. The first-order valence-electron chi connectivity index (χ1n) is 12.2. The molecule has 5 heteroatoms. The highest BCUT2D eigenvalue weighted by molar-refractivity contribution is 5.92. The molecule has 2 aromatic heterocycles. The Morgan fingerprint density at radius 1 is 0.595 bits per heavy atom. The van der Waals surface area contributed by atoms with Gasteiger partial charge in [-0.25, -0.2) is 0 Å². The normalized spacial score (nSPS) is 11.5. The molecule has 0 atom stereocenters. The molecule has 0 spiro atoms. The molecule has 37 heavy (non-hydrogen) atoms. The Morgan fingerprint density at radius 2 is 1.03 bits per heavy atom. The van der Waals surface area contributed by atoms with E-state index in [1.165, 1.54) is 0 Å². The second kappa shape index (κ2) is 8.49. The van der Waals surface area contributed by atoms with Crippen LogP contribution >= 0.6 is 0 Å². The smallest absolute Gasteiger partial charge is 0.138 e. The first-order valence-corrected chi connectivity index (χ1v) is 12.2. The Bertz CT molecular complexity index is 1820. The lowest BCUT2D eigenvalue weighted by Gasteiger charge is -2.06. The van der Waals surface area contributed by atoms with E-state index in [2.05, 4.69) is 66.7 Å². The van der Waals surface area contributed by atoms with Crippen LogP contribution in [0.2, 0.25) is 0 Å². The highest BCUT2D eigenvalue weighted by Crippen LogP contribution is 2.38. The number of fused-ring (bicyclic) bond motifs is 2. The Morgan fingerprint density at radius 3 is 1.51 bits per heavy atom. The van der Waals surface area contributed by atoms with Gasteiger partial charge in [-0.3, -0.25) is 0 Å². The number of rotatable bonds is 4. The van der Waals surface area contributed by atoms with Crippen LogP contribution in [0.15, 0.2) is 86.8 Å². The summed E-state index contributed by atoms with van der Waals surface area (Å²) >= 11 is 0. The van der Waals surface area contributed by atoms with Crippen molar-refractivity contribution in [2.45, 2.75) is 27.7 Å². The molecule has 2 heterocycles. The van der Waals surface area contributed by atoms with Crippen LogP contribution in [0.1, 0.15) is 22.3 Å². The molecule has 2 N–H and O–H groups in total. The zero-order chi connectivity index (χ0) is 25.8. The van der Waals surface area contributed by atoms with Crippen molar-refractivity contribution < 1.29 is 8.83 Å². The lowest BCUT2D eigenvalue weighted by Crippen LogP contribution is -1.88. The molecular weight excluding hydrogens is 460 g/mol. The van der Waals surface area contributed by atoms with E-state index >= 15 is 0 Å². The summed E-state index contributed by atoms with van der Waals surface area (Å²) in [6, 6.07) is 24.4. The third kappa shape index (κ3) is 3.71. The predicted octanol–water partition coefficient (Wildman–Crippen LogP) is 9.39. The van der Waals surface area contributed by atoms with Gasteiger partial charge in [0.05, 0.1) is 0 Å². The second-order valence-electron chi connectivity index (χ2n) is 9.70. The van der Waals surface area contributed by atoms with E-state index in [1.807, 2.05) is 32.9 Å². The van der Waals surface area contributed by atoms with Gasteiger partial charge in [0.1, 0.15) is 28.4 Å². The first kappa shape index (κ1) is 22.8. The predicted molar refractivity (Wildman–Crippen MR) is 151 cm³/mol. The van der Waals surface area contributed by atoms with Crippen LogP contribution in [0.3, 0.4) is 0 Å². The Labute approximate surface area is 214 Å². The zero-order valence-electron chi connectivity index (χ0n) is 21.2. The lowest BCUT2D eigenvalue weighted by atomic mass is 9.99. The summed E-state index contributed by atoms with van der Waals surface area (Å²) in [4.78, 5) is 11.1. The minimum Gasteiger partial charge on any atom is -0.456 e. The maximum atomic E-state index is 11.1. The molecule has 0 saturated heterocycles. The Hall–Kier alpha value is -4.64. The fraction of sp³-hybridized carbons (Fsp3) is 0.125. The maximum absolute atomic E-state index is 11.1. The fourth-order valence-corrected chi connectivity index (χ4v) is 5.03. The van der Waals surface area contributed by atoms with Gasteiger partial charge >= 0.3 is 0 Å². The van der Waals surface area contributed by atoms with Crippen LogP contribution in [0.25, 0.3) is 55.7 Å². The molecule has 182 valence electrons. The van der Waals surface area contributed by atoms with Gasteiger partial charge in [-0.2, -0.15) is 0 Å². The maximum Gasteiger partial charge on any atom is 0.138 e. The van der Waals surface area contributed by atoms with E-state index in [4.69, 9.17) is 14.6 Å². The molecule has 0 aliphatic carbocycles. The third-order valence-corrected chi connectivity index (χ3v) is 7.31. The van der Waals surface area contributed by atoms with Crippen LogP contribution in [-0.2, 0) is 0 Å². The van der Waals surface area contributed by atoms with Crippen LogP contribution in [0.5, 0.6) is 0 Å². The number of anilines is 1. The molecule has 4 aromatic carbocycles. The zero-order valence-corrected chi connectivity index (χ0v) is 21.2. The van der Waals surface area contributed by atoms with Gasteiger partial charge in [0.2, 0.25) is 0 Å². The standard InChI is InChI=1S/C32H26N2O3/c1-17-13-25-19(3)31(36-29(25)15-27(17)33)23-9-5-21(6-10-23)22-7-11-24(12-8-22)32-20(4)26-14-18(2)28(34-35)16-30(26)37-32/h5-16H,33H2,1-4H3. The van der Waals surface area contributed by atoms with Crippen molar-refractivity contribution in [1.82, 2.24) is 0 Å². The van der Waals surface area contributed by atoms with Crippen LogP contribution in [0, 0.1) is 32.6 Å². The van der Waals surface area contributed by atoms with Crippen molar-refractivity contribution in [1.29, 1.82) is 0 Å². The molecule has 6 aromatic rings. The average Bonchev–Trinajstić information content (AvgIpc) is 3.40. The lowest BCUT2D eigenvalue weighted by molar-refractivity contribution is 0.629. The molecule has 6 rings (SSSR count). The fourth-order valence-electron chi connectivity index (χ4n) is 5.03. The Balaban J connectivity index is 1.31. The Kier molecular flexibility index (Phi) is 5.23. The molecule has 0 amide bonds. The van der Waals surface area contributed by atoms with Gasteiger partial charge in [-0.15, -0.1) is 4.91 Å². The van der Waals surface area contributed by atoms with Crippen LogP contribution in [-0.4, -0.2) is 0 Å². The van der Waals surface area contributed by atoms with Crippen molar-refractivity contribution in [2.24, 2.45) is 5.18 Å². The SMILES string of the molecule is Cc1cc2c(C)c(-c3ccc(-c4ccc(-c5oc6cc(N=O)c(C)cc6c5C)cc4)cc3)oc2cc1N. The number of nitrogen functional groups attached to an aromatic ring is 1. The number of furan rings is 2. The number of nitroso groups, excluding NO2 is 1. The van der Waals surface area contributed by atoms with E-state index in [0.717, 1.165) is 78.1 Å². The second-order valence-corrected chi connectivity index (χ2v) is 9.70. The van der Waals surface area contributed by atoms with E-state index in [1.54, 1.807) is 6.07 Å². The molecule has 0 unspecified atom stereocenters.